The number of aliphatic hydroxyl groups excluding tert-OH is 1. The third-order valence-electron chi connectivity index (χ3n) is 4.86. The van der Waals surface area contributed by atoms with E-state index < -0.39 is 41.7 Å². The van der Waals surface area contributed by atoms with Gasteiger partial charge in [-0.25, -0.2) is 0 Å². The number of likely N-dealkylation sites (N-methyl/N-ethyl adjacent to an activating group) is 1. The molecule has 0 spiro atoms. The monoisotopic (exact) mass is 420 g/mol. The number of nitrogens with zero attached hydrogens (tertiary/aromatic N) is 2. The number of carboxylic acids is 1. The molecule has 0 aromatic heterocycles. The number of carboxylic acid groups (broad SMARTS) is 1. The second-order valence-corrected chi connectivity index (χ2v) is 6.80. The molecule has 11 heteroatoms. The molecule has 2 aliphatic rings. The van der Waals surface area contributed by atoms with Crippen molar-refractivity contribution in [3.63, 3.8) is 0 Å². The highest BCUT2D eigenvalue weighted by molar-refractivity contribution is 6.23. The summed E-state index contributed by atoms with van der Waals surface area (Å²) in [5.74, 6) is -3.03. The van der Waals surface area contributed by atoms with Crippen molar-refractivity contribution < 1.29 is 34.2 Å². The van der Waals surface area contributed by atoms with E-state index in [1.807, 2.05) is 0 Å². The van der Waals surface area contributed by atoms with Crippen LogP contribution in [0.3, 0.4) is 0 Å². The molecule has 1 aromatic carbocycles. The van der Waals surface area contributed by atoms with Crippen molar-refractivity contribution in [3.8, 4) is 0 Å². The Kier molecular flexibility index (Phi) is 7.24. The van der Waals surface area contributed by atoms with Crippen LogP contribution in [0.5, 0.6) is 0 Å². The summed E-state index contributed by atoms with van der Waals surface area (Å²) in [6.07, 6.45) is 0.118. The number of nitrogens with two attached hydrogens (primary N) is 1. The summed E-state index contributed by atoms with van der Waals surface area (Å²) in [7, 11) is 1.61. The van der Waals surface area contributed by atoms with Crippen molar-refractivity contribution in [1.29, 1.82) is 0 Å². The summed E-state index contributed by atoms with van der Waals surface area (Å²) in [5, 5.41) is 19.7. The van der Waals surface area contributed by atoms with E-state index >= 15 is 0 Å². The van der Waals surface area contributed by atoms with Gasteiger partial charge in [-0.15, -0.1) is 0 Å². The molecule has 162 valence electrons. The van der Waals surface area contributed by atoms with Gasteiger partial charge in [-0.05, 0) is 38.6 Å². The first kappa shape index (κ1) is 23.0. The van der Waals surface area contributed by atoms with Gasteiger partial charge in [0.2, 0.25) is 5.91 Å². The standard InChI is InChI=1S/C15H15N3O5.C4H9NO2/c16-8-1-2-9-10(7-8)14(22)18(13(9)21)11-3-4-12(20)17(5-6-19)15(11)23;1-3(5-2)4(6)7/h1-2,7,11,19H,3-6,16H2;3,5H,1-2H3,(H,6,7)/t;3-/m.0/s1. The Bertz CT molecular complexity index is 886. The second kappa shape index (κ2) is 9.46. The van der Waals surface area contributed by atoms with Crippen molar-refractivity contribution in [2.75, 3.05) is 25.9 Å². The number of amides is 4. The fraction of sp³-hybridized carbons (Fsp3) is 0.421. The fourth-order valence-electron chi connectivity index (χ4n) is 3.08. The topological polar surface area (TPSA) is 170 Å². The first-order chi connectivity index (χ1) is 14.1. The van der Waals surface area contributed by atoms with Gasteiger partial charge in [0, 0.05) is 12.1 Å². The summed E-state index contributed by atoms with van der Waals surface area (Å²) in [6.45, 7) is 1.06. The zero-order chi connectivity index (χ0) is 22.6. The van der Waals surface area contributed by atoms with Crippen LogP contribution < -0.4 is 11.1 Å². The number of hydrogen-bond acceptors (Lipinski definition) is 8. The van der Waals surface area contributed by atoms with Crippen LogP contribution in [-0.4, -0.2) is 81.9 Å². The number of aliphatic carboxylic acids is 1. The predicted molar refractivity (Wildman–Crippen MR) is 104 cm³/mol. The molecule has 1 aromatic rings. The van der Waals surface area contributed by atoms with Crippen LogP contribution in [0, 0.1) is 0 Å². The maximum Gasteiger partial charge on any atom is 0.320 e. The largest absolute Gasteiger partial charge is 0.480 e. The number of anilines is 1. The number of imide groups is 2. The molecule has 2 aliphatic heterocycles. The molecule has 1 fully saturated rings. The molecule has 4 amide bonds. The number of benzene rings is 1. The second-order valence-electron chi connectivity index (χ2n) is 6.80. The highest BCUT2D eigenvalue weighted by Gasteiger charge is 2.46. The minimum Gasteiger partial charge on any atom is -0.480 e. The number of hydrogen-bond donors (Lipinski definition) is 4. The maximum atomic E-state index is 12.5. The van der Waals surface area contributed by atoms with Gasteiger partial charge in [0.1, 0.15) is 12.1 Å². The summed E-state index contributed by atoms with van der Waals surface area (Å²) in [5.41, 5.74) is 6.34. The molecule has 1 unspecified atom stereocenters. The van der Waals surface area contributed by atoms with Crippen LogP contribution >= 0.6 is 0 Å². The Morgan fingerprint density at radius 1 is 1.23 bits per heavy atom. The number of nitrogen functional groups attached to an aromatic ring is 1. The van der Waals surface area contributed by atoms with E-state index in [0.29, 0.717) is 5.69 Å². The summed E-state index contributed by atoms with van der Waals surface area (Å²) >= 11 is 0. The number of piperidine rings is 1. The first-order valence-electron chi connectivity index (χ1n) is 9.26. The lowest BCUT2D eigenvalue weighted by Crippen LogP contribution is -2.56. The molecule has 5 N–H and O–H groups in total. The van der Waals surface area contributed by atoms with E-state index in [4.69, 9.17) is 15.9 Å². The number of aliphatic hydroxyl groups is 1. The first-order valence-corrected chi connectivity index (χ1v) is 9.26. The highest BCUT2D eigenvalue weighted by atomic mass is 16.4. The molecule has 0 bridgehead atoms. The summed E-state index contributed by atoms with van der Waals surface area (Å²) in [6, 6.07) is 2.90. The minimum absolute atomic E-state index is 0.0337. The van der Waals surface area contributed by atoms with E-state index in [-0.39, 0.29) is 37.1 Å². The molecule has 2 atom stereocenters. The van der Waals surface area contributed by atoms with Crippen molar-refractivity contribution in [3.05, 3.63) is 29.3 Å². The molecule has 30 heavy (non-hydrogen) atoms. The van der Waals surface area contributed by atoms with E-state index in [1.54, 1.807) is 14.0 Å². The Morgan fingerprint density at radius 3 is 2.40 bits per heavy atom. The van der Waals surface area contributed by atoms with Crippen LogP contribution in [0.2, 0.25) is 0 Å². The average molecular weight is 420 g/mol. The van der Waals surface area contributed by atoms with Gasteiger partial charge >= 0.3 is 5.97 Å². The van der Waals surface area contributed by atoms with Crippen LogP contribution in [-0.2, 0) is 14.4 Å². The Labute approximate surface area is 172 Å². The van der Waals surface area contributed by atoms with Crippen LogP contribution in [0.1, 0.15) is 40.5 Å². The normalized spacial score (nSPS) is 19.4. The summed E-state index contributed by atoms with van der Waals surface area (Å²) in [4.78, 5) is 60.8. The van der Waals surface area contributed by atoms with Gasteiger partial charge in [-0.2, -0.15) is 0 Å². The molecule has 0 aliphatic carbocycles. The number of carbonyl (C=O) groups is 5. The van der Waals surface area contributed by atoms with Gasteiger partial charge in [0.05, 0.1) is 24.3 Å². The molecule has 11 nitrogen and oxygen atoms in total. The van der Waals surface area contributed by atoms with Gasteiger partial charge in [-0.1, -0.05) is 0 Å². The van der Waals surface area contributed by atoms with Crippen molar-refractivity contribution in [2.45, 2.75) is 31.8 Å². The summed E-state index contributed by atoms with van der Waals surface area (Å²) < 4.78 is 0. The predicted octanol–water partition coefficient (Wildman–Crippen LogP) is -0.946. The van der Waals surface area contributed by atoms with Crippen molar-refractivity contribution >= 4 is 35.3 Å². The van der Waals surface area contributed by atoms with Crippen LogP contribution in [0.15, 0.2) is 18.2 Å². The molecule has 0 saturated carbocycles. The highest BCUT2D eigenvalue weighted by Crippen LogP contribution is 2.30. The van der Waals surface area contributed by atoms with Crippen LogP contribution in [0.25, 0.3) is 0 Å². The van der Waals surface area contributed by atoms with E-state index in [1.165, 1.54) is 18.2 Å². The Morgan fingerprint density at radius 2 is 1.87 bits per heavy atom. The Balaban J connectivity index is 0.000000396. The SMILES string of the molecule is CN[C@@H](C)C(=O)O.Nc1ccc2c(c1)C(=O)N(C1CCC(=O)N(CCO)C1=O)C2=O. The van der Waals surface area contributed by atoms with E-state index in [2.05, 4.69) is 5.32 Å². The van der Waals surface area contributed by atoms with Gasteiger partial charge in [0.25, 0.3) is 17.7 Å². The fourth-order valence-corrected chi connectivity index (χ4v) is 3.08. The maximum absolute atomic E-state index is 12.5. The molecule has 1 saturated heterocycles. The number of nitrogens with one attached hydrogen (secondary N) is 1. The molecule has 2 heterocycles. The number of likely N-dealkylation sites (tertiary alicyclic amines) is 1. The number of rotatable bonds is 5. The number of fused-ring (bicyclic) bond motifs is 1. The van der Waals surface area contributed by atoms with Crippen LogP contribution in [0.4, 0.5) is 5.69 Å². The molecular formula is C19H24N4O7. The van der Waals surface area contributed by atoms with E-state index in [9.17, 15) is 24.0 Å². The third kappa shape index (κ3) is 4.47. The average Bonchev–Trinajstić information content (AvgIpc) is 2.95. The van der Waals surface area contributed by atoms with Gasteiger partial charge in [0.15, 0.2) is 0 Å². The van der Waals surface area contributed by atoms with Gasteiger partial charge < -0.3 is 21.3 Å². The lowest BCUT2D eigenvalue weighted by Gasteiger charge is -2.34. The zero-order valence-corrected chi connectivity index (χ0v) is 16.6. The number of carbonyl (C=O) groups excluding carboxylic acids is 4. The molecule has 3 rings (SSSR count). The lowest BCUT2D eigenvalue weighted by atomic mass is 10.0. The minimum atomic E-state index is -1.03. The lowest BCUT2D eigenvalue weighted by molar-refractivity contribution is -0.152. The smallest absolute Gasteiger partial charge is 0.320 e. The zero-order valence-electron chi connectivity index (χ0n) is 16.6. The van der Waals surface area contributed by atoms with Gasteiger partial charge in [-0.3, -0.25) is 33.8 Å². The van der Waals surface area contributed by atoms with Crippen molar-refractivity contribution in [2.24, 2.45) is 0 Å². The third-order valence-corrected chi connectivity index (χ3v) is 4.86. The molecule has 0 radical (unpaired) electrons. The quantitative estimate of drug-likeness (QED) is 0.346. The van der Waals surface area contributed by atoms with Crippen molar-refractivity contribution in [1.82, 2.24) is 15.1 Å². The Hall–Kier alpha value is -3.31. The molecular weight excluding hydrogens is 396 g/mol. The number of β-amino-alcohol motifs (C(OH)–C–C–N with tert-alkyl or cyclic N) is 1. The van der Waals surface area contributed by atoms with E-state index in [0.717, 1.165) is 9.80 Å².